The summed E-state index contributed by atoms with van der Waals surface area (Å²) in [5, 5.41) is 3.05. The fourth-order valence-electron chi connectivity index (χ4n) is 1.81. The number of sulfonamides is 1. The molecule has 0 amide bonds. The molecule has 106 valence electrons. The Balaban J connectivity index is 2.27. The number of rotatable bonds is 6. The molecule has 0 spiro atoms. The van der Waals surface area contributed by atoms with Crippen LogP contribution in [0.4, 0.5) is 5.82 Å². The van der Waals surface area contributed by atoms with Crippen molar-refractivity contribution in [2.45, 2.75) is 43.5 Å². The van der Waals surface area contributed by atoms with Crippen LogP contribution in [0.1, 0.15) is 32.6 Å². The smallest absolute Gasteiger partial charge is 0.244 e. The van der Waals surface area contributed by atoms with Crippen molar-refractivity contribution in [3.8, 4) is 0 Å². The molecule has 0 saturated heterocycles. The lowest BCUT2D eigenvalue weighted by Gasteiger charge is -2.26. The van der Waals surface area contributed by atoms with Crippen molar-refractivity contribution >= 4 is 31.8 Å². The minimum absolute atomic E-state index is 0.0722. The molecule has 1 heterocycles. The minimum Gasteiger partial charge on any atom is -0.369 e. The first kappa shape index (κ1) is 14.7. The number of anilines is 1. The highest BCUT2D eigenvalue weighted by Gasteiger charge is 2.27. The van der Waals surface area contributed by atoms with Crippen LogP contribution in [-0.2, 0) is 10.0 Å². The molecule has 1 aromatic heterocycles. The van der Waals surface area contributed by atoms with E-state index in [1.54, 1.807) is 12.3 Å². The number of hydrogen-bond acceptors (Lipinski definition) is 4. The van der Waals surface area contributed by atoms with Gasteiger partial charge in [-0.3, -0.25) is 0 Å². The van der Waals surface area contributed by atoms with E-state index >= 15 is 0 Å². The largest absolute Gasteiger partial charge is 0.369 e. The van der Waals surface area contributed by atoms with E-state index in [1.165, 1.54) is 0 Å². The summed E-state index contributed by atoms with van der Waals surface area (Å²) in [7, 11) is -3.51. The summed E-state index contributed by atoms with van der Waals surface area (Å²) in [4.78, 5) is 4.37. The Morgan fingerprint density at radius 1 is 1.47 bits per heavy atom. The van der Waals surface area contributed by atoms with Crippen LogP contribution in [0.15, 0.2) is 21.6 Å². The highest BCUT2D eigenvalue weighted by Crippen LogP contribution is 2.26. The summed E-state index contributed by atoms with van der Waals surface area (Å²) >= 11 is 3.27. The summed E-state index contributed by atoms with van der Waals surface area (Å²) in [6, 6.07) is 1.66. The maximum Gasteiger partial charge on any atom is 0.244 e. The van der Waals surface area contributed by atoms with Crippen LogP contribution in [0.25, 0.3) is 0 Å². The second-order valence-corrected chi connectivity index (χ2v) is 7.27. The quantitative estimate of drug-likeness (QED) is 0.829. The number of pyridine rings is 1. The minimum atomic E-state index is -3.51. The highest BCUT2D eigenvalue weighted by atomic mass is 79.9. The van der Waals surface area contributed by atoms with Gasteiger partial charge in [0.2, 0.25) is 10.0 Å². The fraction of sp³-hybridized carbons (Fsp3) is 0.583. The first-order valence-corrected chi connectivity index (χ1v) is 8.72. The molecule has 0 unspecified atom stereocenters. The Labute approximate surface area is 122 Å². The van der Waals surface area contributed by atoms with Gasteiger partial charge in [-0.15, -0.1) is 0 Å². The van der Waals surface area contributed by atoms with Crippen molar-refractivity contribution in [3.63, 3.8) is 0 Å². The molecule has 0 aromatic carbocycles. The molecule has 7 heteroatoms. The lowest BCUT2D eigenvalue weighted by Crippen LogP contribution is -2.39. The summed E-state index contributed by atoms with van der Waals surface area (Å²) < 4.78 is 28.1. The molecule has 1 fully saturated rings. The Morgan fingerprint density at radius 3 is 2.79 bits per heavy atom. The van der Waals surface area contributed by atoms with E-state index in [1.807, 2.05) is 6.92 Å². The molecule has 0 atom stereocenters. The van der Waals surface area contributed by atoms with Crippen LogP contribution in [-0.4, -0.2) is 26.0 Å². The topological polar surface area (TPSA) is 71.1 Å². The van der Waals surface area contributed by atoms with E-state index < -0.39 is 10.0 Å². The van der Waals surface area contributed by atoms with Gasteiger partial charge in [0.1, 0.15) is 10.7 Å². The Hall–Kier alpha value is -0.660. The Morgan fingerprint density at radius 2 is 2.21 bits per heavy atom. The number of halogens is 1. The predicted octanol–water partition coefficient (Wildman–Crippen LogP) is 2.50. The molecule has 2 N–H and O–H groups in total. The van der Waals surface area contributed by atoms with Gasteiger partial charge >= 0.3 is 0 Å². The van der Waals surface area contributed by atoms with Crippen LogP contribution in [0.5, 0.6) is 0 Å². The Bertz CT molecular complexity index is 544. The van der Waals surface area contributed by atoms with Gasteiger partial charge in [0.15, 0.2) is 0 Å². The normalized spacial score (nSPS) is 16.1. The lowest BCUT2D eigenvalue weighted by atomic mass is 9.94. The molecule has 2 rings (SSSR count). The van der Waals surface area contributed by atoms with Crippen LogP contribution < -0.4 is 10.0 Å². The number of aromatic nitrogens is 1. The summed E-state index contributed by atoms with van der Waals surface area (Å²) in [5.74, 6) is 0.414. The second kappa shape index (κ2) is 6.19. The van der Waals surface area contributed by atoms with Gasteiger partial charge in [0, 0.05) is 23.3 Å². The van der Waals surface area contributed by atoms with Gasteiger partial charge in [-0.2, -0.15) is 0 Å². The average Bonchev–Trinajstić information content (AvgIpc) is 2.32. The van der Waals surface area contributed by atoms with Crippen molar-refractivity contribution in [1.29, 1.82) is 0 Å². The van der Waals surface area contributed by atoms with Crippen molar-refractivity contribution in [2.24, 2.45) is 0 Å². The SMILES string of the molecule is CCCNc1ncc(Br)cc1S(=O)(=O)NC1CCC1. The van der Waals surface area contributed by atoms with Crippen molar-refractivity contribution in [1.82, 2.24) is 9.71 Å². The van der Waals surface area contributed by atoms with Crippen LogP contribution >= 0.6 is 15.9 Å². The number of nitrogens with one attached hydrogen (secondary N) is 2. The third-order valence-electron chi connectivity index (χ3n) is 3.08. The monoisotopic (exact) mass is 347 g/mol. The second-order valence-electron chi connectivity index (χ2n) is 4.68. The van der Waals surface area contributed by atoms with Crippen LogP contribution in [0.3, 0.4) is 0 Å². The average molecular weight is 348 g/mol. The summed E-state index contributed by atoms with van der Waals surface area (Å²) in [5.41, 5.74) is 0. The first-order valence-electron chi connectivity index (χ1n) is 6.44. The molecule has 1 aliphatic carbocycles. The molecule has 0 aliphatic heterocycles. The van der Waals surface area contributed by atoms with Gasteiger partial charge in [0.25, 0.3) is 0 Å². The fourth-order valence-corrected chi connectivity index (χ4v) is 3.76. The molecule has 19 heavy (non-hydrogen) atoms. The molecular weight excluding hydrogens is 330 g/mol. The van der Waals surface area contributed by atoms with Crippen molar-refractivity contribution in [2.75, 3.05) is 11.9 Å². The van der Waals surface area contributed by atoms with Crippen LogP contribution in [0, 0.1) is 0 Å². The van der Waals surface area contributed by atoms with Gasteiger partial charge in [-0.25, -0.2) is 18.1 Å². The zero-order valence-corrected chi connectivity index (χ0v) is 13.2. The third kappa shape index (κ3) is 3.67. The standard InChI is InChI=1S/C12H18BrN3O2S/c1-2-6-14-12-11(7-9(13)8-15-12)19(17,18)16-10-4-3-5-10/h7-8,10,16H,2-6H2,1H3,(H,14,15). The molecule has 1 aromatic rings. The van der Waals surface area contributed by atoms with Gasteiger partial charge in [0.05, 0.1) is 0 Å². The van der Waals surface area contributed by atoms with Crippen molar-refractivity contribution in [3.05, 3.63) is 16.7 Å². The van der Waals surface area contributed by atoms with E-state index in [9.17, 15) is 8.42 Å². The molecule has 0 bridgehead atoms. The summed E-state index contributed by atoms with van der Waals surface area (Å²) in [6.45, 7) is 2.72. The van der Waals surface area contributed by atoms with Crippen LogP contribution in [0.2, 0.25) is 0 Å². The zero-order chi connectivity index (χ0) is 13.9. The molecule has 5 nitrogen and oxygen atoms in total. The van der Waals surface area contributed by atoms with Gasteiger partial charge < -0.3 is 5.32 Å². The lowest BCUT2D eigenvalue weighted by molar-refractivity contribution is 0.383. The van der Waals surface area contributed by atoms with Gasteiger partial charge in [-0.05, 0) is 41.3 Å². The number of hydrogen-bond donors (Lipinski definition) is 2. The highest BCUT2D eigenvalue weighted by molar-refractivity contribution is 9.10. The zero-order valence-electron chi connectivity index (χ0n) is 10.8. The van der Waals surface area contributed by atoms with E-state index in [0.29, 0.717) is 16.8 Å². The molecule has 1 saturated carbocycles. The van der Waals surface area contributed by atoms with Gasteiger partial charge in [-0.1, -0.05) is 13.3 Å². The van der Waals surface area contributed by atoms with E-state index in [0.717, 1.165) is 25.7 Å². The third-order valence-corrected chi connectivity index (χ3v) is 5.05. The molecule has 0 radical (unpaired) electrons. The van der Waals surface area contributed by atoms with E-state index in [-0.39, 0.29) is 10.9 Å². The maximum atomic E-state index is 12.4. The molecule has 1 aliphatic rings. The number of nitrogens with zero attached hydrogens (tertiary/aromatic N) is 1. The Kier molecular flexibility index (Phi) is 4.81. The first-order chi connectivity index (χ1) is 9.03. The molecular formula is C12H18BrN3O2S. The van der Waals surface area contributed by atoms with E-state index in [2.05, 4.69) is 31.0 Å². The summed E-state index contributed by atoms with van der Waals surface area (Å²) in [6.07, 6.45) is 5.43. The van der Waals surface area contributed by atoms with Crippen molar-refractivity contribution < 1.29 is 8.42 Å². The van der Waals surface area contributed by atoms with E-state index in [4.69, 9.17) is 0 Å². The predicted molar refractivity (Wildman–Crippen MR) is 78.7 cm³/mol. The maximum absolute atomic E-state index is 12.4.